The van der Waals surface area contributed by atoms with Gasteiger partial charge in [-0.25, -0.2) is 4.68 Å². The number of amides is 1. The summed E-state index contributed by atoms with van der Waals surface area (Å²) in [5.74, 6) is -0.170. The van der Waals surface area contributed by atoms with Crippen molar-refractivity contribution in [2.24, 2.45) is 0 Å². The molecule has 0 saturated carbocycles. The topological polar surface area (TPSA) is 64.0 Å². The maximum absolute atomic E-state index is 12.2. The van der Waals surface area contributed by atoms with Crippen molar-refractivity contribution in [2.45, 2.75) is 11.4 Å². The van der Waals surface area contributed by atoms with Crippen molar-refractivity contribution in [1.82, 2.24) is 15.1 Å². The lowest BCUT2D eigenvalue weighted by atomic mass is 10.2. The Balaban J connectivity index is 1.62. The van der Waals surface area contributed by atoms with Crippen molar-refractivity contribution in [2.75, 3.05) is 6.26 Å². The summed E-state index contributed by atoms with van der Waals surface area (Å²) in [5.41, 5.74) is 2.43. The number of nitrogens with one attached hydrogen (secondary N) is 1. The van der Waals surface area contributed by atoms with Crippen molar-refractivity contribution in [3.8, 4) is 5.69 Å². The summed E-state index contributed by atoms with van der Waals surface area (Å²) < 4.78 is 13.1. The highest BCUT2D eigenvalue weighted by atomic mass is 32.2. The molecule has 0 aliphatic heterocycles. The zero-order valence-electron chi connectivity index (χ0n) is 13.2. The highest BCUT2D eigenvalue weighted by Crippen LogP contribution is 2.09. The molecule has 0 aliphatic rings. The maximum Gasteiger partial charge on any atom is 0.251 e. The molecule has 2 aromatic carbocycles. The van der Waals surface area contributed by atoms with Crippen LogP contribution in [0.2, 0.25) is 0 Å². The summed E-state index contributed by atoms with van der Waals surface area (Å²) in [6.07, 6.45) is 5.23. The fourth-order valence-corrected chi connectivity index (χ4v) is 2.78. The number of rotatable bonds is 5. The minimum absolute atomic E-state index is 0.170. The molecule has 5 nitrogen and oxygen atoms in total. The third kappa shape index (κ3) is 3.78. The molecule has 3 rings (SSSR count). The molecule has 1 atom stereocenters. The molecule has 0 spiro atoms. The monoisotopic (exact) mass is 339 g/mol. The smallest absolute Gasteiger partial charge is 0.251 e. The van der Waals surface area contributed by atoms with E-state index >= 15 is 0 Å². The van der Waals surface area contributed by atoms with Crippen LogP contribution in [0.5, 0.6) is 0 Å². The molecular weight excluding hydrogens is 322 g/mol. The second-order valence-electron chi connectivity index (χ2n) is 5.29. The van der Waals surface area contributed by atoms with Gasteiger partial charge in [-0.1, -0.05) is 18.2 Å². The number of carbonyl (C=O) groups is 1. The summed E-state index contributed by atoms with van der Waals surface area (Å²) in [7, 11) is -1.04. The lowest BCUT2D eigenvalue weighted by Gasteiger charge is -2.04. The van der Waals surface area contributed by atoms with Crippen LogP contribution in [0.3, 0.4) is 0 Å². The fraction of sp³-hybridized carbons (Fsp3) is 0.111. The van der Waals surface area contributed by atoms with Crippen molar-refractivity contribution >= 4 is 16.7 Å². The van der Waals surface area contributed by atoms with Crippen LogP contribution in [0.4, 0.5) is 0 Å². The first-order valence-electron chi connectivity index (χ1n) is 7.44. The van der Waals surface area contributed by atoms with Gasteiger partial charge in [0.1, 0.15) is 0 Å². The van der Waals surface area contributed by atoms with Gasteiger partial charge in [0.2, 0.25) is 0 Å². The number of para-hydroxylation sites is 1. The Bertz CT molecular complexity index is 857. The Kier molecular flexibility index (Phi) is 4.86. The first-order valence-corrected chi connectivity index (χ1v) is 9.00. The van der Waals surface area contributed by atoms with E-state index in [9.17, 15) is 9.00 Å². The Morgan fingerprint density at radius 2 is 1.83 bits per heavy atom. The van der Waals surface area contributed by atoms with Crippen LogP contribution in [-0.2, 0) is 17.3 Å². The Hall–Kier alpha value is -2.73. The number of nitrogens with zero attached hydrogens (tertiary/aromatic N) is 2. The molecule has 0 aliphatic carbocycles. The predicted octanol–water partition coefficient (Wildman–Crippen LogP) is 2.54. The van der Waals surface area contributed by atoms with Crippen molar-refractivity contribution in [3.05, 3.63) is 78.1 Å². The van der Waals surface area contributed by atoms with Gasteiger partial charge in [0.25, 0.3) is 5.91 Å². The van der Waals surface area contributed by atoms with Gasteiger partial charge in [0.05, 0.1) is 11.9 Å². The van der Waals surface area contributed by atoms with Crippen LogP contribution in [0.1, 0.15) is 15.9 Å². The van der Waals surface area contributed by atoms with Crippen LogP contribution in [0.25, 0.3) is 5.69 Å². The van der Waals surface area contributed by atoms with Crippen LogP contribution < -0.4 is 5.32 Å². The average molecular weight is 339 g/mol. The molecule has 1 unspecified atom stereocenters. The van der Waals surface area contributed by atoms with Gasteiger partial charge in [-0.15, -0.1) is 0 Å². The van der Waals surface area contributed by atoms with E-state index in [4.69, 9.17) is 0 Å². The second-order valence-corrected chi connectivity index (χ2v) is 6.67. The van der Waals surface area contributed by atoms with E-state index in [2.05, 4.69) is 10.4 Å². The predicted molar refractivity (Wildman–Crippen MR) is 93.5 cm³/mol. The lowest BCUT2D eigenvalue weighted by Crippen LogP contribution is -2.22. The number of benzene rings is 2. The first-order chi connectivity index (χ1) is 11.6. The summed E-state index contributed by atoms with van der Waals surface area (Å²) >= 11 is 0. The van der Waals surface area contributed by atoms with Crippen molar-refractivity contribution < 1.29 is 9.00 Å². The van der Waals surface area contributed by atoms with Gasteiger partial charge in [0.15, 0.2) is 0 Å². The summed E-state index contributed by atoms with van der Waals surface area (Å²) in [4.78, 5) is 12.9. The van der Waals surface area contributed by atoms with Gasteiger partial charge < -0.3 is 5.32 Å². The van der Waals surface area contributed by atoms with E-state index in [-0.39, 0.29) is 5.91 Å². The Labute approximate surface area is 142 Å². The van der Waals surface area contributed by atoms with Gasteiger partial charge >= 0.3 is 0 Å². The van der Waals surface area contributed by atoms with Gasteiger partial charge in [0, 0.05) is 45.8 Å². The van der Waals surface area contributed by atoms with E-state index < -0.39 is 10.8 Å². The number of hydrogen-bond donors (Lipinski definition) is 1. The molecule has 24 heavy (non-hydrogen) atoms. The number of carbonyl (C=O) groups excluding carboxylic acids is 1. The first kappa shape index (κ1) is 16.1. The third-order valence-electron chi connectivity index (χ3n) is 3.56. The number of aromatic nitrogens is 2. The van der Waals surface area contributed by atoms with Crippen molar-refractivity contribution in [3.63, 3.8) is 0 Å². The normalized spacial score (nSPS) is 11.9. The van der Waals surface area contributed by atoms with Gasteiger partial charge in [-0.05, 0) is 36.4 Å². The van der Waals surface area contributed by atoms with Gasteiger partial charge in [-0.3, -0.25) is 9.00 Å². The average Bonchev–Trinajstić information content (AvgIpc) is 3.09. The largest absolute Gasteiger partial charge is 0.348 e. The zero-order chi connectivity index (χ0) is 16.9. The van der Waals surface area contributed by atoms with E-state index in [1.54, 1.807) is 41.4 Å². The molecule has 122 valence electrons. The van der Waals surface area contributed by atoms with Crippen LogP contribution >= 0.6 is 0 Å². The van der Waals surface area contributed by atoms with Crippen molar-refractivity contribution in [1.29, 1.82) is 0 Å². The molecule has 0 saturated heterocycles. The van der Waals surface area contributed by atoms with Crippen LogP contribution in [-0.4, -0.2) is 26.2 Å². The molecule has 3 aromatic rings. The highest BCUT2D eigenvalue weighted by molar-refractivity contribution is 7.84. The minimum Gasteiger partial charge on any atom is -0.348 e. The molecule has 0 bridgehead atoms. The standard InChI is InChI=1S/C18H17N3O2S/c1-24(23)17-9-7-15(8-10-17)18(22)19-11-14-12-20-21(13-14)16-5-3-2-4-6-16/h2-10,12-13H,11H2,1H3,(H,19,22). The SMILES string of the molecule is CS(=O)c1ccc(C(=O)NCc2cnn(-c3ccccc3)c2)cc1. The molecule has 1 N–H and O–H groups in total. The van der Waals surface area contributed by atoms with E-state index in [0.29, 0.717) is 17.0 Å². The van der Waals surface area contributed by atoms with Crippen LogP contribution in [0.15, 0.2) is 71.9 Å². The summed E-state index contributed by atoms with van der Waals surface area (Å²) in [6, 6.07) is 16.6. The summed E-state index contributed by atoms with van der Waals surface area (Å²) in [6.45, 7) is 0.396. The highest BCUT2D eigenvalue weighted by Gasteiger charge is 2.07. The molecule has 1 amide bonds. The van der Waals surface area contributed by atoms with E-state index in [1.165, 1.54) is 0 Å². The fourth-order valence-electron chi connectivity index (χ4n) is 2.26. The maximum atomic E-state index is 12.2. The quantitative estimate of drug-likeness (QED) is 0.777. The zero-order valence-corrected chi connectivity index (χ0v) is 14.0. The van der Waals surface area contributed by atoms with Gasteiger partial charge in [-0.2, -0.15) is 5.10 Å². The third-order valence-corrected chi connectivity index (χ3v) is 4.49. The Morgan fingerprint density at radius 1 is 1.12 bits per heavy atom. The second kappa shape index (κ2) is 7.23. The van der Waals surface area contributed by atoms with Crippen LogP contribution in [0, 0.1) is 0 Å². The minimum atomic E-state index is -1.04. The summed E-state index contributed by atoms with van der Waals surface area (Å²) in [5, 5.41) is 7.16. The lowest BCUT2D eigenvalue weighted by molar-refractivity contribution is 0.0951. The molecule has 6 heteroatoms. The molecular formula is C18H17N3O2S. The van der Waals surface area contributed by atoms with E-state index in [0.717, 1.165) is 11.3 Å². The molecule has 0 radical (unpaired) electrons. The molecule has 1 heterocycles. The Morgan fingerprint density at radius 3 is 2.50 bits per heavy atom. The molecule has 0 fully saturated rings. The van der Waals surface area contributed by atoms with E-state index in [1.807, 2.05) is 36.5 Å². The molecule has 1 aromatic heterocycles. The number of hydrogen-bond acceptors (Lipinski definition) is 3.